The molecule has 1 aromatic carbocycles. The maximum absolute atomic E-state index is 12.9. The first-order valence-electron chi connectivity index (χ1n) is 12.2. The standard InChI is InChI=1S/C25H36N4O3S/c1-18(2)20-6-8-21(9-7-20)23-19(3)24(27-33(23,31)32)29-15-10-22(11-16-29)25(30)26-12-17-28-13-4-5-14-28/h6-9,18,22H,4-5,10-17H2,1-3H3,(H,26,30). The highest BCUT2D eigenvalue weighted by atomic mass is 32.2. The van der Waals surface area contributed by atoms with Gasteiger partial charge in [0.1, 0.15) is 10.7 Å². The van der Waals surface area contributed by atoms with Crippen LogP contribution < -0.4 is 5.32 Å². The van der Waals surface area contributed by atoms with E-state index in [9.17, 15) is 13.2 Å². The number of nitrogens with one attached hydrogen (secondary N) is 1. The molecule has 7 nitrogen and oxygen atoms in total. The number of amidine groups is 1. The second-order valence-corrected chi connectivity index (χ2v) is 11.3. The molecular formula is C25H36N4O3S. The highest BCUT2D eigenvalue weighted by Crippen LogP contribution is 2.35. The minimum atomic E-state index is -3.73. The van der Waals surface area contributed by atoms with Crippen LogP contribution in [0.3, 0.4) is 0 Å². The molecule has 1 amide bonds. The Balaban J connectivity index is 1.37. The molecule has 1 N–H and O–H groups in total. The third-order valence-electron chi connectivity index (χ3n) is 7.07. The molecule has 0 spiro atoms. The number of hydrogen-bond acceptors (Lipinski definition) is 5. The Morgan fingerprint density at radius 2 is 1.73 bits per heavy atom. The van der Waals surface area contributed by atoms with Gasteiger partial charge in [-0.05, 0) is 62.7 Å². The van der Waals surface area contributed by atoms with Crippen LogP contribution in [0.4, 0.5) is 0 Å². The third-order valence-corrected chi connectivity index (χ3v) is 8.54. The van der Waals surface area contributed by atoms with Crippen molar-refractivity contribution in [2.24, 2.45) is 10.3 Å². The Morgan fingerprint density at radius 1 is 1.09 bits per heavy atom. The van der Waals surface area contributed by atoms with Gasteiger partial charge in [0, 0.05) is 37.7 Å². The van der Waals surface area contributed by atoms with Gasteiger partial charge >= 0.3 is 0 Å². The molecule has 3 heterocycles. The van der Waals surface area contributed by atoms with E-state index in [1.807, 2.05) is 36.1 Å². The normalized spacial score (nSPS) is 21.7. The molecule has 0 aromatic heterocycles. The molecule has 0 saturated carbocycles. The van der Waals surface area contributed by atoms with Gasteiger partial charge in [0.05, 0.1) is 0 Å². The van der Waals surface area contributed by atoms with Crippen LogP contribution in [-0.4, -0.2) is 69.2 Å². The fraction of sp³-hybridized carbons (Fsp3) is 0.600. The molecule has 2 fully saturated rings. The summed E-state index contributed by atoms with van der Waals surface area (Å²) in [5.74, 6) is 1.02. The Hall–Kier alpha value is -2.19. The molecule has 3 aliphatic heterocycles. The maximum Gasteiger partial charge on any atom is 0.285 e. The average Bonchev–Trinajstić information content (AvgIpc) is 3.39. The van der Waals surface area contributed by atoms with Gasteiger partial charge < -0.3 is 15.1 Å². The summed E-state index contributed by atoms with van der Waals surface area (Å²) in [5, 5.41) is 3.09. The molecule has 0 bridgehead atoms. The zero-order valence-electron chi connectivity index (χ0n) is 20.0. The van der Waals surface area contributed by atoms with E-state index < -0.39 is 10.0 Å². The van der Waals surface area contributed by atoms with Crippen molar-refractivity contribution in [3.05, 3.63) is 41.0 Å². The van der Waals surface area contributed by atoms with Gasteiger partial charge in [-0.25, -0.2) is 0 Å². The maximum atomic E-state index is 12.9. The lowest BCUT2D eigenvalue weighted by atomic mass is 9.95. The smallest absolute Gasteiger partial charge is 0.285 e. The Labute approximate surface area is 198 Å². The van der Waals surface area contributed by atoms with Gasteiger partial charge in [-0.1, -0.05) is 38.1 Å². The fourth-order valence-electron chi connectivity index (χ4n) is 5.04. The van der Waals surface area contributed by atoms with E-state index in [-0.39, 0.29) is 11.8 Å². The lowest BCUT2D eigenvalue weighted by Crippen LogP contribution is -2.44. The number of benzene rings is 1. The summed E-state index contributed by atoms with van der Waals surface area (Å²) in [6, 6.07) is 7.73. The van der Waals surface area contributed by atoms with E-state index >= 15 is 0 Å². The molecule has 180 valence electrons. The molecule has 0 aliphatic carbocycles. The molecule has 8 heteroatoms. The molecule has 0 radical (unpaired) electrons. The van der Waals surface area contributed by atoms with Gasteiger partial charge in [-0.3, -0.25) is 4.79 Å². The summed E-state index contributed by atoms with van der Waals surface area (Å²) in [4.78, 5) is 17.3. The molecular weight excluding hydrogens is 436 g/mol. The third kappa shape index (κ3) is 5.32. The summed E-state index contributed by atoms with van der Waals surface area (Å²) in [5.41, 5.74) is 2.55. The Kier molecular flexibility index (Phi) is 7.24. The van der Waals surface area contributed by atoms with E-state index in [1.54, 1.807) is 0 Å². The lowest BCUT2D eigenvalue weighted by molar-refractivity contribution is -0.126. The predicted molar refractivity (Wildman–Crippen MR) is 132 cm³/mol. The molecule has 1 aromatic rings. The van der Waals surface area contributed by atoms with Crippen LogP contribution in [0.25, 0.3) is 4.91 Å². The van der Waals surface area contributed by atoms with Crippen LogP contribution in [0.15, 0.2) is 34.2 Å². The van der Waals surface area contributed by atoms with Gasteiger partial charge in [0.15, 0.2) is 0 Å². The minimum Gasteiger partial charge on any atom is -0.356 e. The number of hydrogen-bond donors (Lipinski definition) is 1. The first-order valence-corrected chi connectivity index (χ1v) is 13.6. The zero-order valence-corrected chi connectivity index (χ0v) is 20.8. The van der Waals surface area contributed by atoms with Gasteiger partial charge in [0.25, 0.3) is 10.0 Å². The number of rotatable bonds is 6. The van der Waals surface area contributed by atoms with Crippen LogP contribution in [0.1, 0.15) is 63.5 Å². The van der Waals surface area contributed by atoms with E-state index in [4.69, 9.17) is 0 Å². The van der Waals surface area contributed by atoms with Gasteiger partial charge in [-0.2, -0.15) is 8.42 Å². The summed E-state index contributed by atoms with van der Waals surface area (Å²) >= 11 is 0. The van der Waals surface area contributed by atoms with Gasteiger partial charge in [-0.15, -0.1) is 4.40 Å². The fourth-order valence-corrected chi connectivity index (χ4v) is 6.53. The van der Waals surface area contributed by atoms with Crippen LogP contribution in [-0.2, 0) is 14.8 Å². The first-order chi connectivity index (χ1) is 15.8. The number of sulfonamides is 1. The summed E-state index contributed by atoms with van der Waals surface area (Å²) in [6.45, 7) is 11.2. The minimum absolute atomic E-state index is 0.0224. The van der Waals surface area contributed by atoms with Crippen molar-refractivity contribution >= 4 is 26.7 Å². The number of likely N-dealkylation sites (tertiary alicyclic amines) is 2. The van der Waals surface area contributed by atoms with Crippen molar-refractivity contribution in [1.29, 1.82) is 0 Å². The highest BCUT2D eigenvalue weighted by Gasteiger charge is 2.35. The van der Waals surface area contributed by atoms with E-state index in [0.717, 1.165) is 19.6 Å². The molecule has 0 unspecified atom stereocenters. The SMILES string of the molecule is CC1=C(c2ccc(C(C)C)cc2)S(=O)(=O)N=C1N1CCC(C(=O)NCCN2CCCC2)CC1. The van der Waals surface area contributed by atoms with Crippen LogP contribution in [0.5, 0.6) is 0 Å². The second kappa shape index (κ2) is 9.97. The van der Waals surface area contributed by atoms with Crippen LogP contribution >= 0.6 is 0 Å². The monoisotopic (exact) mass is 472 g/mol. The Bertz CT molecular complexity index is 1030. The number of piperidine rings is 1. The predicted octanol–water partition coefficient (Wildman–Crippen LogP) is 3.21. The van der Waals surface area contributed by atoms with Gasteiger partial charge in [0.2, 0.25) is 5.91 Å². The lowest BCUT2D eigenvalue weighted by Gasteiger charge is -2.33. The first kappa shape index (κ1) is 24.0. The van der Waals surface area contributed by atoms with Crippen molar-refractivity contribution in [3.8, 4) is 0 Å². The summed E-state index contributed by atoms with van der Waals surface area (Å²) in [7, 11) is -3.73. The number of nitrogens with zero attached hydrogens (tertiary/aromatic N) is 3. The second-order valence-electron chi connectivity index (χ2n) is 9.72. The van der Waals surface area contributed by atoms with Crippen molar-refractivity contribution in [1.82, 2.24) is 15.1 Å². The van der Waals surface area contributed by atoms with Crippen LogP contribution in [0.2, 0.25) is 0 Å². The molecule has 0 atom stereocenters. The van der Waals surface area contributed by atoms with Crippen LogP contribution in [0, 0.1) is 5.92 Å². The topological polar surface area (TPSA) is 82.1 Å². The van der Waals surface area contributed by atoms with E-state index in [2.05, 4.69) is 28.5 Å². The molecule has 4 rings (SSSR count). The van der Waals surface area contributed by atoms with Crippen molar-refractivity contribution in [3.63, 3.8) is 0 Å². The number of carbonyl (C=O) groups excluding carboxylic acids is 1. The zero-order chi connectivity index (χ0) is 23.6. The van der Waals surface area contributed by atoms with E-state index in [1.165, 1.54) is 18.4 Å². The van der Waals surface area contributed by atoms with Crippen molar-refractivity contribution in [2.45, 2.75) is 52.4 Å². The van der Waals surface area contributed by atoms with Crippen molar-refractivity contribution in [2.75, 3.05) is 39.3 Å². The Morgan fingerprint density at radius 3 is 2.33 bits per heavy atom. The largest absolute Gasteiger partial charge is 0.356 e. The quantitative estimate of drug-likeness (QED) is 0.688. The summed E-state index contributed by atoms with van der Waals surface area (Å²) < 4.78 is 29.9. The number of amides is 1. The highest BCUT2D eigenvalue weighted by molar-refractivity contribution is 8.00. The molecule has 3 aliphatic rings. The summed E-state index contributed by atoms with van der Waals surface area (Å²) in [6.07, 6.45) is 3.93. The van der Waals surface area contributed by atoms with E-state index in [0.29, 0.717) is 60.3 Å². The average molecular weight is 473 g/mol. The number of carbonyl (C=O) groups is 1. The molecule has 33 heavy (non-hydrogen) atoms. The van der Waals surface area contributed by atoms with Crippen molar-refractivity contribution < 1.29 is 13.2 Å². The molecule has 2 saturated heterocycles.